The van der Waals surface area contributed by atoms with Crippen molar-refractivity contribution in [1.29, 1.82) is 0 Å². The summed E-state index contributed by atoms with van der Waals surface area (Å²) in [4.78, 5) is 72.7. The number of esters is 4. The Hall–Kier alpha value is -1.94. The summed E-state index contributed by atoms with van der Waals surface area (Å²) in [5.41, 5.74) is 0. The summed E-state index contributed by atoms with van der Waals surface area (Å²) >= 11 is 0. The lowest BCUT2D eigenvalue weighted by molar-refractivity contribution is -0.161. The van der Waals surface area contributed by atoms with Crippen molar-refractivity contribution in [3.05, 3.63) is 0 Å². The van der Waals surface area contributed by atoms with Crippen molar-refractivity contribution in [1.82, 2.24) is 0 Å². The lowest BCUT2D eigenvalue weighted by Gasteiger charge is -2.21. The quantitative estimate of drug-likeness (QED) is 0.0222. The fourth-order valence-corrected chi connectivity index (χ4v) is 13.2. The Morgan fingerprint density at radius 2 is 0.484 bits per heavy atom. The summed E-state index contributed by atoms with van der Waals surface area (Å²) in [6, 6.07) is 0. The van der Waals surface area contributed by atoms with Crippen LogP contribution in [0, 0.1) is 17.8 Å². The number of phosphoric acid groups is 2. The van der Waals surface area contributed by atoms with Gasteiger partial charge in [-0.05, 0) is 43.4 Å². The Kier molecular flexibility index (Phi) is 65.2. The second kappa shape index (κ2) is 66.6. The van der Waals surface area contributed by atoms with Crippen LogP contribution >= 0.6 is 15.6 Å². The van der Waals surface area contributed by atoms with Gasteiger partial charge in [0.05, 0.1) is 26.4 Å². The fraction of sp³-hybridized carbons (Fsp3) is 0.947. The molecule has 0 bridgehead atoms. The molecule has 0 aromatic heterocycles. The van der Waals surface area contributed by atoms with E-state index in [2.05, 4.69) is 48.5 Å². The number of hydrogen-bond donors (Lipinski definition) is 3. The summed E-state index contributed by atoms with van der Waals surface area (Å²) < 4.78 is 68.4. The van der Waals surface area contributed by atoms with Crippen molar-refractivity contribution in [2.75, 3.05) is 39.6 Å². The van der Waals surface area contributed by atoms with Crippen molar-refractivity contribution in [2.45, 2.75) is 407 Å². The van der Waals surface area contributed by atoms with Crippen LogP contribution in [0.5, 0.6) is 0 Å². The number of phosphoric ester groups is 2. The summed E-state index contributed by atoms with van der Waals surface area (Å²) in [7, 11) is -9.91. The molecule has 2 unspecified atom stereocenters. The Bertz CT molecular complexity index is 1850. The number of hydrogen-bond acceptors (Lipinski definition) is 15. The number of rotatable bonds is 74. The third-order valence-corrected chi connectivity index (χ3v) is 19.5. The molecule has 0 amide bonds. The highest BCUT2D eigenvalue weighted by Gasteiger charge is 2.30. The van der Waals surface area contributed by atoms with E-state index >= 15 is 0 Å². The predicted octanol–water partition coefficient (Wildman–Crippen LogP) is 22.2. The molecule has 564 valence electrons. The lowest BCUT2D eigenvalue weighted by Crippen LogP contribution is -2.30. The third-order valence-electron chi connectivity index (χ3n) is 17.6. The summed E-state index contributed by atoms with van der Waals surface area (Å²) in [5, 5.41) is 10.6. The molecule has 0 aromatic rings. The minimum Gasteiger partial charge on any atom is -0.462 e. The van der Waals surface area contributed by atoms with E-state index in [1.807, 2.05) is 0 Å². The molecule has 0 saturated heterocycles. The zero-order valence-corrected chi connectivity index (χ0v) is 63.9. The smallest absolute Gasteiger partial charge is 0.462 e. The zero-order valence-electron chi connectivity index (χ0n) is 62.1. The molecule has 0 aliphatic carbocycles. The Labute approximate surface area is 581 Å². The number of ether oxygens (including phenoxy) is 4. The molecule has 95 heavy (non-hydrogen) atoms. The molecule has 0 fully saturated rings. The van der Waals surface area contributed by atoms with Crippen molar-refractivity contribution in [2.24, 2.45) is 17.8 Å². The molecule has 0 rings (SSSR count). The minimum atomic E-state index is -4.96. The third kappa shape index (κ3) is 70.3. The van der Waals surface area contributed by atoms with Gasteiger partial charge in [-0.3, -0.25) is 37.3 Å². The van der Waals surface area contributed by atoms with Gasteiger partial charge in [-0.1, -0.05) is 337 Å². The van der Waals surface area contributed by atoms with Crippen LogP contribution in [0.15, 0.2) is 0 Å². The topological polar surface area (TPSA) is 237 Å². The van der Waals surface area contributed by atoms with Gasteiger partial charge < -0.3 is 33.8 Å². The molecular formula is C76H148O17P2. The van der Waals surface area contributed by atoms with Gasteiger partial charge in [-0.2, -0.15) is 0 Å². The Balaban J connectivity index is 5.20. The van der Waals surface area contributed by atoms with E-state index in [4.69, 9.17) is 37.0 Å². The maximum absolute atomic E-state index is 13.1. The van der Waals surface area contributed by atoms with Crippen molar-refractivity contribution >= 4 is 39.5 Å². The first kappa shape index (κ1) is 93.1. The van der Waals surface area contributed by atoms with Crippen molar-refractivity contribution in [3.63, 3.8) is 0 Å². The van der Waals surface area contributed by atoms with Crippen LogP contribution < -0.4 is 0 Å². The van der Waals surface area contributed by atoms with E-state index in [0.29, 0.717) is 37.5 Å². The normalized spacial score (nSPS) is 14.1. The molecular weight excluding hydrogens is 1250 g/mol. The fourth-order valence-electron chi connectivity index (χ4n) is 11.6. The SMILES string of the molecule is CCCCCCCCCCCCCCCCCCCCC(=O)OC[C@H](COP(=O)(O)OC[C@@H](O)COP(=O)(O)OC[C@@H](COC(=O)CCCCCCCCC(C)C)OC(=O)CCCCCCCCCC(C)C)OC(=O)CCCCCCCCCCCCCCCCCC(C)C. The van der Waals surface area contributed by atoms with Crippen molar-refractivity contribution < 1.29 is 80.2 Å². The first-order valence-corrected chi connectivity index (χ1v) is 42.3. The standard InChI is InChI=1S/C76H148O17P2/c1-8-9-10-11-12-13-14-15-16-17-18-21-24-27-30-35-43-50-57-73(78)86-63-71(92-75(80)59-52-45-36-31-28-25-22-19-20-23-26-29-33-40-47-54-67(2)3)65-90-94(82,83)88-61-70(77)62-89-95(84,85)91-66-72(64-87-74(79)58-51-44-39-38-42-49-56-69(6)7)93-76(81)60-53-46-37-32-34-41-48-55-68(4)5/h67-72,77H,8-66H2,1-7H3,(H,82,83)(H,84,85)/t70-,71-,72-/m1/s1. The van der Waals surface area contributed by atoms with Crippen molar-refractivity contribution in [3.8, 4) is 0 Å². The molecule has 3 N–H and O–H groups in total. The van der Waals surface area contributed by atoms with Crippen LogP contribution in [-0.4, -0.2) is 96.7 Å². The molecule has 0 heterocycles. The lowest BCUT2D eigenvalue weighted by atomic mass is 10.0. The minimum absolute atomic E-state index is 0.102. The van der Waals surface area contributed by atoms with Gasteiger partial charge in [0, 0.05) is 25.7 Å². The van der Waals surface area contributed by atoms with E-state index in [-0.39, 0.29) is 25.7 Å². The van der Waals surface area contributed by atoms with Gasteiger partial charge in [0.2, 0.25) is 0 Å². The average Bonchev–Trinajstić information content (AvgIpc) is 2.01. The molecule has 5 atom stereocenters. The number of unbranched alkanes of at least 4 members (excludes halogenated alkanes) is 42. The first-order chi connectivity index (χ1) is 45.7. The summed E-state index contributed by atoms with van der Waals surface area (Å²) in [6.45, 7) is 11.8. The van der Waals surface area contributed by atoms with E-state index in [0.717, 1.165) is 102 Å². The molecule has 0 aliphatic rings. The van der Waals surface area contributed by atoms with Crippen LogP contribution in [0.25, 0.3) is 0 Å². The molecule has 19 heteroatoms. The molecule has 0 saturated carbocycles. The maximum atomic E-state index is 13.1. The van der Waals surface area contributed by atoms with Gasteiger partial charge in [-0.15, -0.1) is 0 Å². The predicted molar refractivity (Wildman–Crippen MR) is 386 cm³/mol. The molecule has 0 aliphatic heterocycles. The van der Waals surface area contributed by atoms with E-state index in [9.17, 15) is 43.2 Å². The summed E-state index contributed by atoms with van der Waals surface area (Å²) in [6.07, 6.45) is 53.1. The van der Waals surface area contributed by atoms with E-state index in [1.165, 1.54) is 193 Å². The van der Waals surface area contributed by atoms with Gasteiger partial charge >= 0.3 is 39.5 Å². The van der Waals surface area contributed by atoms with Crippen LogP contribution in [0.3, 0.4) is 0 Å². The van der Waals surface area contributed by atoms with E-state index in [1.54, 1.807) is 0 Å². The average molecular weight is 1400 g/mol. The second-order valence-electron chi connectivity index (χ2n) is 28.8. The summed E-state index contributed by atoms with van der Waals surface area (Å²) in [5.74, 6) is 0.0550. The zero-order chi connectivity index (χ0) is 70.1. The van der Waals surface area contributed by atoms with Gasteiger partial charge in [0.15, 0.2) is 12.2 Å². The van der Waals surface area contributed by atoms with Gasteiger partial charge in [-0.25, -0.2) is 9.13 Å². The molecule has 0 spiro atoms. The number of carbonyl (C=O) groups is 4. The first-order valence-electron chi connectivity index (χ1n) is 39.3. The van der Waals surface area contributed by atoms with Crippen LogP contribution in [0.4, 0.5) is 0 Å². The highest BCUT2D eigenvalue weighted by molar-refractivity contribution is 7.47. The van der Waals surface area contributed by atoms with Crippen LogP contribution in [-0.2, 0) is 65.4 Å². The monoisotopic (exact) mass is 1400 g/mol. The molecule has 0 aromatic carbocycles. The van der Waals surface area contributed by atoms with Gasteiger partial charge in [0.1, 0.15) is 19.3 Å². The molecule has 17 nitrogen and oxygen atoms in total. The number of aliphatic hydroxyl groups is 1. The highest BCUT2D eigenvalue weighted by Crippen LogP contribution is 2.45. The Morgan fingerprint density at radius 3 is 0.716 bits per heavy atom. The largest absolute Gasteiger partial charge is 0.472 e. The van der Waals surface area contributed by atoms with Gasteiger partial charge in [0.25, 0.3) is 0 Å². The highest BCUT2D eigenvalue weighted by atomic mass is 31.2. The van der Waals surface area contributed by atoms with E-state index < -0.39 is 97.5 Å². The second-order valence-corrected chi connectivity index (χ2v) is 31.7. The number of carbonyl (C=O) groups excluding carboxylic acids is 4. The molecule has 0 radical (unpaired) electrons. The number of aliphatic hydroxyl groups excluding tert-OH is 1. The van der Waals surface area contributed by atoms with Crippen LogP contribution in [0.1, 0.15) is 389 Å². The van der Waals surface area contributed by atoms with Crippen LogP contribution in [0.2, 0.25) is 0 Å². The Morgan fingerprint density at radius 1 is 0.284 bits per heavy atom. The maximum Gasteiger partial charge on any atom is 0.472 e.